The lowest BCUT2D eigenvalue weighted by molar-refractivity contribution is -0.117. The summed E-state index contributed by atoms with van der Waals surface area (Å²) < 4.78 is 0. The first-order valence-corrected chi connectivity index (χ1v) is 7.14. The fourth-order valence-corrected chi connectivity index (χ4v) is 1.88. The Morgan fingerprint density at radius 2 is 1.74 bits per heavy atom. The molecule has 104 valence electrons. The van der Waals surface area contributed by atoms with E-state index in [4.69, 9.17) is 11.5 Å². The van der Waals surface area contributed by atoms with Crippen LogP contribution >= 0.6 is 11.8 Å². The lowest BCUT2D eigenvalue weighted by Crippen LogP contribution is -2.36. The summed E-state index contributed by atoms with van der Waals surface area (Å²) in [5.41, 5.74) is 11.9. The molecule has 0 heterocycles. The number of thioether (sulfide) groups is 1. The third kappa shape index (κ3) is 5.62. The van der Waals surface area contributed by atoms with Gasteiger partial charge in [0.15, 0.2) is 0 Å². The molecule has 0 saturated carbocycles. The monoisotopic (exact) mass is 282 g/mol. The van der Waals surface area contributed by atoms with Crippen LogP contribution < -0.4 is 22.1 Å². The Bertz CT molecular complexity index is 436. The van der Waals surface area contributed by atoms with Gasteiger partial charge >= 0.3 is 6.03 Å². The number of hydrogen-bond acceptors (Lipinski definition) is 4. The number of amides is 3. The second kappa shape index (κ2) is 7.65. The second-order valence-corrected chi connectivity index (χ2v) is 4.93. The van der Waals surface area contributed by atoms with Crippen LogP contribution in [0, 0.1) is 0 Å². The fourth-order valence-electron chi connectivity index (χ4n) is 1.39. The Balaban J connectivity index is 2.52. The van der Waals surface area contributed by atoms with Crippen LogP contribution in [0.2, 0.25) is 0 Å². The molecule has 6 nitrogen and oxygen atoms in total. The molecule has 0 unspecified atom stereocenters. The van der Waals surface area contributed by atoms with Crippen molar-refractivity contribution in [1.29, 1.82) is 0 Å². The van der Waals surface area contributed by atoms with E-state index in [1.54, 1.807) is 36.0 Å². The molecule has 1 aromatic rings. The van der Waals surface area contributed by atoms with Gasteiger partial charge in [-0.2, -0.15) is 11.8 Å². The summed E-state index contributed by atoms with van der Waals surface area (Å²) in [5, 5.41) is 5.15. The number of nitrogens with one attached hydrogen (secondary N) is 2. The molecular weight excluding hydrogens is 264 g/mol. The molecule has 1 aromatic carbocycles. The van der Waals surface area contributed by atoms with E-state index in [2.05, 4.69) is 10.6 Å². The minimum Gasteiger partial charge on any atom is -0.351 e. The van der Waals surface area contributed by atoms with Gasteiger partial charge in [0.05, 0.1) is 6.04 Å². The summed E-state index contributed by atoms with van der Waals surface area (Å²) in [5.74, 6) is 0.625. The Hall–Kier alpha value is -1.73. The van der Waals surface area contributed by atoms with Crippen LogP contribution in [0.5, 0.6) is 0 Å². The van der Waals surface area contributed by atoms with Crippen LogP contribution in [0.3, 0.4) is 0 Å². The van der Waals surface area contributed by atoms with E-state index in [1.165, 1.54) is 0 Å². The van der Waals surface area contributed by atoms with Crippen LogP contribution in [0.4, 0.5) is 16.2 Å². The van der Waals surface area contributed by atoms with Gasteiger partial charge in [0.25, 0.3) is 0 Å². The van der Waals surface area contributed by atoms with Crippen molar-refractivity contribution >= 4 is 35.1 Å². The van der Waals surface area contributed by atoms with Crippen LogP contribution in [0.25, 0.3) is 0 Å². The van der Waals surface area contributed by atoms with Gasteiger partial charge in [-0.3, -0.25) is 4.79 Å². The van der Waals surface area contributed by atoms with Crippen LogP contribution in [-0.4, -0.2) is 30.0 Å². The quantitative estimate of drug-likeness (QED) is 0.628. The number of urea groups is 1. The third-order valence-electron chi connectivity index (χ3n) is 2.39. The standard InChI is InChI=1S/C12H18N4O2S/c1-19-7-6-10(13)11(17)15-8-2-4-9(5-3-8)16-12(14)18/h2-5,10H,6-7,13H2,1H3,(H,15,17)(H3,14,16,18)/t10-/m0/s1. The Morgan fingerprint density at radius 3 is 2.21 bits per heavy atom. The minimum absolute atomic E-state index is 0.218. The van der Waals surface area contributed by atoms with Crippen molar-refractivity contribution in [3.8, 4) is 0 Å². The average molecular weight is 282 g/mol. The smallest absolute Gasteiger partial charge is 0.316 e. The van der Waals surface area contributed by atoms with E-state index in [-0.39, 0.29) is 5.91 Å². The molecule has 0 radical (unpaired) electrons. The Kier molecular flexibility index (Phi) is 6.17. The van der Waals surface area contributed by atoms with E-state index in [9.17, 15) is 9.59 Å². The van der Waals surface area contributed by atoms with Gasteiger partial charge in [0.2, 0.25) is 5.91 Å². The largest absolute Gasteiger partial charge is 0.351 e. The topological polar surface area (TPSA) is 110 Å². The molecule has 1 rings (SSSR count). The highest BCUT2D eigenvalue weighted by molar-refractivity contribution is 7.98. The average Bonchev–Trinajstić information content (AvgIpc) is 2.37. The Labute approximate surface area is 116 Å². The number of hydrogen-bond donors (Lipinski definition) is 4. The lowest BCUT2D eigenvalue weighted by atomic mass is 10.2. The summed E-state index contributed by atoms with van der Waals surface area (Å²) in [6.07, 6.45) is 2.60. The highest BCUT2D eigenvalue weighted by Gasteiger charge is 2.12. The van der Waals surface area contributed by atoms with E-state index in [0.29, 0.717) is 17.8 Å². The van der Waals surface area contributed by atoms with Crippen molar-refractivity contribution in [2.75, 3.05) is 22.6 Å². The number of nitrogens with two attached hydrogens (primary N) is 2. The van der Waals surface area contributed by atoms with Crippen LogP contribution in [0.15, 0.2) is 24.3 Å². The van der Waals surface area contributed by atoms with Gasteiger partial charge in [0, 0.05) is 11.4 Å². The molecule has 0 bridgehead atoms. The third-order valence-corrected chi connectivity index (χ3v) is 3.03. The Morgan fingerprint density at radius 1 is 1.21 bits per heavy atom. The molecular formula is C12H18N4O2S. The van der Waals surface area contributed by atoms with Gasteiger partial charge in [0.1, 0.15) is 0 Å². The fraction of sp³-hybridized carbons (Fsp3) is 0.333. The molecule has 6 N–H and O–H groups in total. The van der Waals surface area contributed by atoms with Crippen LogP contribution in [-0.2, 0) is 4.79 Å². The molecule has 1 atom stereocenters. The zero-order valence-corrected chi connectivity index (χ0v) is 11.5. The summed E-state index contributed by atoms with van der Waals surface area (Å²) in [4.78, 5) is 22.4. The molecule has 0 saturated heterocycles. The molecule has 0 aromatic heterocycles. The number of anilines is 2. The summed E-state index contributed by atoms with van der Waals surface area (Å²) >= 11 is 1.65. The summed E-state index contributed by atoms with van der Waals surface area (Å²) in [6, 6.07) is 5.49. The number of rotatable bonds is 6. The van der Waals surface area contributed by atoms with Crippen molar-refractivity contribution in [1.82, 2.24) is 0 Å². The zero-order chi connectivity index (χ0) is 14.3. The molecule has 3 amide bonds. The first kappa shape index (κ1) is 15.3. The van der Waals surface area contributed by atoms with Crippen molar-refractivity contribution < 1.29 is 9.59 Å². The van der Waals surface area contributed by atoms with Crippen LogP contribution in [0.1, 0.15) is 6.42 Å². The SMILES string of the molecule is CSCC[C@H](N)C(=O)Nc1ccc(NC(N)=O)cc1. The predicted molar refractivity (Wildman–Crippen MR) is 79.3 cm³/mol. The van der Waals surface area contributed by atoms with Crippen molar-refractivity contribution in [3.05, 3.63) is 24.3 Å². The molecule has 19 heavy (non-hydrogen) atoms. The molecule has 0 spiro atoms. The number of primary amides is 1. The maximum atomic E-state index is 11.7. The highest BCUT2D eigenvalue weighted by Crippen LogP contribution is 2.13. The first-order chi connectivity index (χ1) is 9.02. The lowest BCUT2D eigenvalue weighted by Gasteiger charge is -2.12. The molecule has 7 heteroatoms. The van der Waals surface area contributed by atoms with E-state index in [0.717, 1.165) is 5.75 Å². The normalized spacial score (nSPS) is 11.7. The molecule has 0 fully saturated rings. The predicted octanol–water partition coefficient (Wildman–Crippen LogP) is 1.20. The van der Waals surface area contributed by atoms with Crippen molar-refractivity contribution in [2.45, 2.75) is 12.5 Å². The minimum atomic E-state index is -0.629. The van der Waals surface area contributed by atoms with Gasteiger partial charge in [-0.25, -0.2) is 4.79 Å². The van der Waals surface area contributed by atoms with E-state index < -0.39 is 12.1 Å². The van der Waals surface area contributed by atoms with Gasteiger partial charge in [-0.05, 0) is 42.7 Å². The molecule has 0 aliphatic rings. The number of benzene rings is 1. The van der Waals surface area contributed by atoms with Crippen molar-refractivity contribution in [2.24, 2.45) is 11.5 Å². The van der Waals surface area contributed by atoms with Gasteiger partial charge in [-0.1, -0.05) is 0 Å². The maximum absolute atomic E-state index is 11.7. The maximum Gasteiger partial charge on any atom is 0.316 e. The summed E-state index contributed by atoms with van der Waals surface area (Å²) in [6.45, 7) is 0. The summed E-state index contributed by atoms with van der Waals surface area (Å²) in [7, 11) is 0. The first-order valence-electron chi connectivity index (χ1n) is 5.75. The highest BCUT2D eigenvalue weighted by atomic mass is 32.2. The second-order valence-electron chi connectivity index (χ2n) is 3.94. The van der Waals surface area contributed by atoms with Gasteiger partial charge in [-0.15, -0.1) is 0 Å². The number of carbonyl (C=O) groups is 2. The molecule has 0 aliphatic heterocycles. The molecule has 0 aliphatic carbocycles. The van der Waals surface area contributed by atoms with Crippen molar-refractivity contribution in [3.63, 3.8) is 0 Å². The van der Waals surface area contributed by atoms with Gasteiger partial charge < -0.3 is 22.1 Å². The van der Waals surface area contributed by atoms with E-state index >= 15 is 0 Å². The van der Waals surface area contributed by atoms with E-state index in [1.807, 2.05) is 6.26 Å². The number of carbonyl (C=O) groups excluding carboxylic acids is 2. The zero-order valence-electron chi connectivity index (χ0n) is 10.7.